The lowest BCUT2D eigenvalue weighted by Gasteiger charge is -2.44. The number of hydrogen-bond donors (Lipinski definition) is 1. The van der Waals surface area contributed by atoms with Gasteiger partial charge in [0.2, 0.25) is 0 Å². The third-order valence-corrected chi connectivity index (χ3v) is 10.2. The van der Waals surface area contributed by atoms with Crippen molar-refractivity contribution in [1.82, 2.24) is 10.2 Å². The van der Waals surface area contributed by atoms with Gasteiger partial charge in [-0.05, 0) is 73.6 Å². The number of carbonyl (C=O) groups excluding carboxylic acids is 2. The molecule has 3 saturated heterocycles. The second kappa shape index (κ2) is 17.8. The van der Waals surface area contributed by atoms with Crippen LogP contribution in [0, 0.1) is 11.1 Å². The van der Waals surface area contributed by atoms with Crippen LogP contribution in [0.4, 0.5) is 8.78 Å². The van der Waals surface area contributed by atoms with Gasteiger partial charge in [-0.3, -0.25) is 10.2 Å². The molecule has 286 valence electrons. The molecule has 54 heavy (non-hydrogen) atoms. The van der Waals surface area contributed by atoms with Gasteiger partial charge in [0.1, 0.15) is 22.2 Å². The summed E-state index contributed by atoms with van der Waals surface area (Å²) < 4.78 is 49.3. The molecule has 1 unspecified atom stereocenters. The second-order valence-electron chi connectivity index (χ2n) is 13.7. The van der Waals surface area contributed by atoms with E-state index in [1.807, 2.05) is 30.3 Å². The monoisotopic (exact) mass is 783 g/mol. The molecule has 4 heterocycles. The summed E-state index contributed by atoms with van der Waals surface area (Å²) in [7, 11) is 0. The summed E-state index contributed by atoms with van der Waals surface area (Å²) in [6.07, 6.45) is 3.66. The number of nitrogens with zero attached hydrogens (tertiary/aromatic N) is 2. The van der Waals surface area contributed by atoms with Crippen LogP contribution in [0.3, 0.4) is 0 Å². The number of fused-ring (bicyclic) bond motifs is 3. The zero-order valence-corrected chi connectivity index (χ0v) is 31.3. The average molecular weight is 785 g/mol. The zero-order chi connectivity index (χ0) is 38.4. The van der Waals surface area contributed by atoms with Gasteiger partial charge in [0, 0.05) is 38.0 Å². The second-order valence-corrected chi connectivity index (χ2v) is 14.5. The maximum Gasteiger partial charge on any atom is 0.387 e. The highest BCUT2D eigenvalue weighted by atomic mass is 35.5. The molecule has 10 nitrogen and oxygen atoms in total. The number of carbonyl (C=O) groups is 2. The van der Waals surface area contributed by atoms with Crippen LogP contribution >= 0.6 is 23.2 Å². The Kier molecular flexibility index (Phi) is 12.9. The molecule has 3 fully saturated rings. The Labute approximate surface area is 322 Å². The van der Waals surface area contributed by atoms with Crippen LogP contribution in [0.2, 0.25) is 10.0 Å². The van der Waals surface area contributed by atoms with Crippen LogP contribution in [0.15, 0.2) is 85.2 Å². The Hall–Kier alpha value is -4.49. The molecule has 4 aromatic rings. The summed E-state index contributed by atoms with van der Waals surface area (Å²) in [6.45, 7) is 2.54. The van der Waals surface area contributed by atoms with E-state index in [-0.39, 0.29) is 45.7 Å². The lowest BCUT2D eigenvalue weighted by molar-refractivity contribution is -0.605. The number of hydrogen-bond acceptors (Lipinski definition) is 9. The number of piperidine rings is 3. The van der Waals surface area contributed by atoms with Gasteiger partial charge in [-0.25, -0.2) is 9.59 Å². The van der Waals surface area contributed by atoms with Crippen molar-refractivity contribution < 1.29 is 42.0 Å². The Bertz CT molecular complexity index is 1890. The van der Waals surface area contributed by atoms with Gasteiger partial charge in [-0.2, -0.15) is 13.5 Å². The van der Waals surface area contributed by atoms with Crippen LogP contribution in [-0.4, -0.2) is 48.9 Å². The number of pyridine rings is 1. The van der Waals surface area contributed by atoms with E-state index in [0.29, 0.717) is 28.3 Å². The molecule has 0 aliphatic carbocycles. The Balaban J connectivity index is 1.18. The van der Waals surface area contributed by atoms with Crippen molar-refractivity contribution in [2.24, 2.45) is 5.92 Å². The number of halogens is 4. The normalized spacial score (nSPS) is 19.0. The molecular weight excluding hydrogens is 743 g/mol. The molecule has 3 aliphatic rings. The van der Waals surface area contributed by atoms with Gasteiger partial charge < -0.3 is 24.2 Å². The predicted octanol–water partition coefficient (Wildman–Crippen LogP) is 7.97. The number of esters is 2. The van der Waals surface area contributed by atoms with Crippen LogP contribution in [0.25, 0.3) is 0 Å². The van der Waals surface area contributed by atoms with Crippen LogP contribution in [0.1, 0.15) is 77.9 Å². The molecule has 0 saturated carbocycles. The lowest BCUT2D eigenvalue weighted by Crippen LogP contribution is -2.51. The Morgan fingerprint density at radius 1 is 0.926 bits per heavy atom. The van der Waals surface area contributed by atoms with Gasteiger partial charge in [0.15, 0.2) is 30.1 Å². The van der Waals surface area contributed by atoms with Crippen molar-refractivity contribution in [3.63, 3.8) is 0 Å². The van der Waals surface area contributed by atoms with E-state index in [9.17, 15) is 23.6 Å². The standard InChI is InChI=1S/C40H41Cl2F2N3O7/c1-24(2)51-35-19-29(12-13-33(35)53-40(43)44)34(20-30-31(41)22-47(50)23-32(30)42)52-38(48)28-10-8-26(9-11-28)21-45-37(27-6-4-3-5-7-27)39(49)54-36-18-25-14-16-46(36)17-15-25/h3-13,19,22-25,34,36-37,40,45H,14-18,20-21H2,1-2H3/t34-,36+,37?/m0/s1. The van der Waals surface area contributed by atoms with E-state index in [4.69, 9.17) is 37.4 Å². The third-order valence-electron chi connectivity index (χ3n) is 9.53. The number of nitrogens with one attached hydrogen (secondary N) is 1. The Morgan fingerprint density at radius 2 is 1.61 bits per heavy atom. The van der Waals surface area contributed by atoms with Crippen LogP contribution in [0.5, 0.6) is 11.5 Å². The summed E-state index contributed by atoms with van der Waals surface area (Å²) in [6, 6.07) is 19.6. The highest BCUT2D eigenvalue weighted by Crippen LogP contribution is 2.37. The number of rotatable bonds is 15. The minimum absolute atomic E-state index is 0.0181. The summed E-state index contributed by atoms with van der Waals surface area (Å²) in [5.74, 6) is -0.625. The maximum atomic E-state index is 13.6. The molecule has 14 heteroatoms. The fourth-order valence-corrected chi connectivity index (χ4v) is 7.40. The van der Waals surface area contributed by atoms with Crippen LogP contribution < -0.4 is 19.5 Å². The maximum absolute atomic E-state index is 13.6. The minimum Gasteiger partial charge on any atom is -0.619 e. The molecular formula is C40H41Cl2F2N3O7. The van der Waals surface area contributed by atoms with Crippen molar-refractivity contribution in [1.29, 1.82) is 0 Å². The SMILES string of the molecule is CC(C)Oc1cc([C@H](Cc2c(Cl)c[n+]([O-])cc2Cl)OC(=O)c2ccc(CNC(C(=O)O[C@@H]3CC4CCN3CC4)c3ccccc3)cc2)ccc1OC(F)F. The van der Waals surface area contributed by atoms with Gasteiger partial charge in [-0.15, -0.1) is 0 Å². The topological polar surface area (TPSA) is 113 Å². The van der Waals surface area contributed by atoms with E-state index >= 15 is 0 Å². The van der Waals surface area contributed by atoms with E-state index < -0.39 is 30.8 Å². The predicted molar refractivity (Wildman–Crippen MR) is 197 cm³/mol. The number of aromatic nitrogens is 1. The average Bonchev–Trinajstić information content (AvgIpc) is 3.14. The molecule has 3 aromatic carbocycles. The summed E-state index contributed by atoms with van der Waals surface area (Å²) in [5, 5.41) is 15.4. The number of benzene rings is 3. The molecule has 0 spiro atoms. The number of alkyl halides is 2. The first-order chi connectivity index (χ1) is 25.9. The van der Waals surface area contributed by atoms with Gasteiger partial charge in [0.25, 0.3) is 0 Å². The number of ether oxygens (including phenoxy) is 4. The van der Waals surface area contributed by atoms with Gasteiger partial charge >= 0.3 is 18.6 Å². The van der Waals surface area contributed by atoms with Gasteiger partial charge in [-0.1, -0.05) is 71.7 Å². The highest BCUT2D eigenvalue weighted by molar-refractivity contribution is 6.35. The first-order valence-corrected chi connectivity index (χ1v) is 18.5. The zero-order valence-electron chi connectivity index (χ0n) is 29.8. The summed E-state index contributed by atoms with van der Waals surface area (Å²) in [4.78, 5) is 29.4. The van der Waals surface area contributed by atoms with Crippen molar-refractivity contribution in [2.45, 2.75) is 77.2 Å². The van der Waals surface area contributed by atoms with Gasteiger partial charge in [0.05, 0.1) is 11.7 Å². The molecule has 7 rings (SSSR count). The van der Waals surface area contributed by atoms with Crippen molar-refractivity contribution in [2.75, 3.05) is 13.1 Å². The third kappa shape index (κ3) is 9.97. The molecule has 3 aliphatic heterocycles. The smallest absolute Gasteiger partial charge is 0.387 e. The van der Waals surface area contributed by atoms with Crippen molar-refractivity contribution in [3.05, 3.63) is 128 Å². The van der Waals surface area contributed by atoms with E-state index in [2.05, 4.69) is 15.0 Å². The molecule has 1 aromatic heterocycles. The minimum atomic E-state index is -3.09. The lowest BCUT2D eigenvalue weighted by atomic mass is 9.87. The fourth-order valence-electron chi connectivity index (χ4n) is 6.80. The molecule has 3 atom stereocenters. The van der Waals surface area contributed by atoms with Crippen LogP contribution in [-0.2, 0) is 27.2 Å². The molecule has 2 bridgehead atoms. The fraction of sp³-hybridized carbons (Fsp3) is 0.375. The summed E-state index contributed by atoms with van der Waals surface area (Å²) >= 11 is 12.8. The van der Waals surface area contributed by atoms with Crippen molar-refractivity contribution in [3.8, 4) is 11.5 Å². The van der Waals surface area contributed by atoms with Crippen molar-refractivity contribution >= 4 is 35.1 Å². The van der Waals surface area contributed by atoms with E-state index in [1.54, 1.807) is 38.1 Å². The highest BCUT2D eigenvalue weighted by Gasteiger charge is 2.37. The largest absolute Gasteiger partial charge is 0.619 e. The quantitative estimate of drug-likeness (QED) is 0.0729. The molecule has 0 radical (unpaired) electrons. The molecule has 1 N–H and O–H groups in total. The first kappa shape index (κ1) is 39.2. The Morgan fingerprint density at radius 3 is 2.22 bits per heavy atom. The van der Waals surface area contributed by atoms with E-state index in [0.717, 1.165) is 55.9 Å². The first-order valence-electron chi connectivity index (χ1n) is 17.8. The summed E-state index contributed by atoms with van der Waals surface area (Å²) in [5.41, 5.74) is 2.52. The van der Waals surface area contributed by atoms with E-state index in [1.165, 1.54) is 18.2 Å². The molecule has 0 amide bonds.